The molecular formula is C13H25NO2. The van der Waals surface area contributed by atoms with Gasteiger partial charge in [-0.3, -0.25) is 4.79 Å². The van der Waals surface area contributed by atoms with Crippen molar-refractivity contribution in [2.45, 2.75) is 46.0 Å². The molecule has 0 aromatic heterocycles. The number of aliphatic carboxylic acids is 1. The zero-order valence-corrected chi connectivity index (χ0v) is 10.6. The summed E-state index contributed by atoms with van der Waals surface area (Å²) in [6.07, 6.45) is 4.67. The molecular weight excluding hydrogens is 202 g/mol. The van der Waals surface area contributed by atoms with E-state index in [2.05, 4.69) is 18.7 Å². The third-order valence-corrected chi connectivity index (χ3v) is 3.78. The minimum Gasteiger partial charge on any atom is -0.481 e. The van der Waals surface area contributed by atoms with Crippen molar-refractivity contribution in [3.8, 4) is 0 Å². The predicted molar refractivity (Wildman–Crippen MR) is 65.5 cm³/mol. The van der Waals surface area contributed by atoms with Gasteiger partial charge in [-0.15, -0.1) is 0 Å². The van der Waals surface area contributed by atoms with E-state index >= 15 is 0 Å². The molecule has 0 unspecified atom stereocenters. The van der Waals surface area contributed by atoms with Crippen LogP contribution in [0.3, 0.4) is 0 Å². The quantitative estimate of drug-likeness (QED) is 0.709. The SMILES string of the molecule is C[C@@H]1CN(CCCCCC(=O)O)CC[C@@H]1C. The van der Waals surface area contributed by atoms with Crippen LogP contribution >= 0.6 is 0 Å². The molecule has 0 bridgehead atoms. The van der Waals surface area contributed by atoms with E-state index in [-0.39, 0.29) is 0 Å². The van der Waals surface area contributed by atoms with E-state index in [4.69, 9.17) is 5.11 Å². The molecule has 0 spiro atoms. The molecule has 94 valence electrons. The standard InChI is InChI=1S/C13H25NO2/c1-11-7-9-14(10-12(11)2)8-5-3-4-6-13(15)16/h11-12H,3-10H2,1-2H3,(H,15,16)/t11-,12+/m0/s1. The molecule has 1 saturated heterocycles. The van der Waals surface area contributed by atoms with E-state index in [1.807, 2.05) is 0 Å². The first-order valence-corrected chi connectivity index (χ1v) is 6.53. The largest absolute Gasteiger partial charge is 0.481 e. The number of likely N-dealkylation sites (tertiary alicyclic amines) is 1. The summed E-state index contributed by atoms with van der Waals surface area (Å²) in [6.45, 7) is 8.28. The highest BCUT2D eigenvalue weighted by atomic mass is 16.4. The zero-order chi connectivity index (χ0) is 12.0. The maximum absolute atomic E-state index is 10.3. The van der Waals surface area contributed by atoms with E-state index in [0.717, 1.165) is 37.6 Å². The first kappa shape index (κ1) is 13.5. The van der Waals surface area contributed by atoms with Gasteiger partial charge in [0.15, 0.2) is 0 Å². The van der Waals surface area contributed by atoms with E-state index in [9.17, 15) is 4.79 Å². The monoisotopic (exact) mass is 227 g/mol. The van der Waals surface area contributed by atoms with Gasteiger partial charge in [0.2, 0.25) is 0 Å². The number of unbranched alkanes of at least 4 members (excludes halogenated alkanes) is 2. The number of hydrogen-bond acceptors (Lipinski definition) is 2. The Balaban J connectivity index is 2.03. The highest BCUT2D eigenvalue weighted by Crippen LogP contribution is 2.22. The smallest absolute Gasteiger partial charge is 0.303 e. The molecule has 0 aliphatic carbocycles. The molecule has 1 aliphatic rings. The number of carboxylic acid groups (broad SMARTS) is 1. The summed E-state index contributed by atoms with van der Waals surface area (Å²) < 4.78 is 0. The van der Waals surface area contributed by atoms with Crippen molar-refractivity contribution >= 4 is 5.97 Å². The highest BCUT2D eigenvalue weighted by Gasteiger charge is 2.21. The minimum atomic E-state index is -0.666. The maximum Gasteiger partial charge on any atom is 0.303 e. The van der Waals surface area contributed by atoms with Crippen molar-refractivity contribution in [2.75, 3.05) is 19.6 Å². The minimum absolute atomic E-state index is 0.327. The Morgan fingerprint density at radius 3 is 2.62 bits per heavy atom. The van der Waals surface area contributed by atoms with Gasteiger partial charge in [-0.2, -0.15) is 0 Å². The number of nitrogens with zero attached hydrogens (tertiary/aromatic N) is 1. The summed E-state index contributed by atoms with van der Waals surface area (Å²) in [6, 6.07) is 0. The van der Waals surface area contributed by atoms with Crippen LogP contribution in [0.2, 0.25) is 0 Å². The number of hydrogen-bond donors (Lipinski definition) is 1. The zero-order valence-electron chi connectivity index (χ0n) is 10.6. The van der Waals surface area contributed by atoms with E-state index in [1.165, 1.54) is 19.5 Å². The molecule has 3 heteroatoms. The van der Waals surface area contributed by atoms with Crippen molar-refractivity contribution < 1.29 is 9.90 Å². The van der Waals surface area contributed by atoms with Crippen LogP contribution in [-0.4, -0.2) is 35.6 Å². The lowest BCUT2D eigenvalue weighted by molar-refractivity contribution is -0.137. The second kappa shape index (κ2) is 6.89. The number of carbonyl (C=O) groups is 1. The van der Waals surface area contributed by atoms with Crippen LogP contribution in [0.1, 0.15) is 46.0 Å². The van der Waals surface area contributed by atoms with Gasteiger partial charge >= 0.3 is 5.97 Å². The summed E-state index contributed by atoms with van der Waals surface area (Å²) in [5.74, 6) is 1.01. The van der Waals surface area contributed by atoms with Crippen LogP contribution in [0.15, 0.2) is 0 Å². The Morgan fingerprint density at radius 1 is 1.25 bits per heavy atom. The van der Waals surface area contributed by atoms with Gasteiger partial charge in [-0.05, 0) is 44.2 Å². The van der Waals surface area contributed by atoms with Crippen LogP contribution in [0.4, 0.5) is 0 Å². The molecule has 1 fully saturated rings. The van der Waals surface area contributed by atoms with E-state index in [1.54, 1.807) is 0 Å². The number of piperidine rings is 1. The summed E-state index contributed by atoms with van der Waals surface area (Å²) in [5, 5.41) is 8.51. The third-order valence-electron chi connectivity index (χ3n) is 3.78. The van der Waals surface area contributed by atoms with Crippen molar-refractivity contribution in [1.29, 1.82) is 0 Å². The molecule has 3 nitrogen and oxygen atoms in total. The van der Waals surface area contributed by atoms with Gasteiger partial charge in [0, 0.05) is 13.0 Å². The molecule has 0 amide bonds. The Kier molecular flexibility index (Phi) is 5.81. The molecule has 0 aromatic carbocycles. The second-order valence-electron chi connectivity index (χ2n) is 5.25. The van der Waals surface area contributed by atoms with Crippen LogP contribution < -0.4 is 0 Å². The Labute approximate surface area is 98.8 Å². The fraction of sp³-hybridized carbons (Fsp3) is 0.923. The van der Waals surface area contributed by atoms with Gasteiger partial charge in [0.25, 0.3) is 0 Å². The van der Waals surface area contributed by atoms with Crippen LogP contribution in [0.5, 0.6) is 0 Å². The van der Waals surface area contributed by atoms with Gasteiger partial charge in [-0.25, -0.2) is 0 Å². The Bertz CT molecular complexity index is 218. The Hall–Kier alpha value is -0.570. The average Bonchev–Trinajstić information content (AvgIpc) is 2.22. The lowest BCUT2D eigenvalue weighted by atomic mass is 9.88. The molecule has 2 atom stereocenters. The number of rotatable bonds is 6. The molecule has 1 aliphatic heterocycles. The predicted octanol–water partition coefficient (Wildman–Crippen LogP) is 2.61. The van der Waals surface area contributed by atoms with Gasteiger partial charge in [0.1, 0.15) is 0 Å². The molecule has 0 aromatic rings. The van der Waals surface area contributed by atoms with Crippen LogP contribution in [0.25, 0.3) is 0 Å². The van der Waals surface area contributed by atoms with Crippen molar-refractivity contribution in [2.24, 2.45) is 11.8 Å². The Morgan fingerprint density at radius 2 is 2.00 bits per heavy atom. The normalized spacial score (nSPS) is 26.9. The van der Waals surface area contributed by atoms with Gasteiger partial charge in [-0.1, -0.05) is 20.3 Å². The molecule has 16 heavy (non-hydrogen) atoms. The van der Waals surface area contributed by atoms with Crippen molar-refractivity contribution in [3.63, 3.8) is 0 Å². The lowest BCUT2D eigenvalue weighted by Crippen LogP contribution is -2.38. The maximum atomic E-state index is 10.3. The first-order valence-electron chi connectivity index (χ1n) is 6.53. The third kappa shape index (κ3) is 4.97. The first-order chi connectivity index (χ1) is 7.59. The molecule has 1 heterocycles. The van der Waals surface area contributed by atoms with Crippen LogP contribution in [0, 0.1) is 11.8 Å². The van der Waals surface area contributed by atoms with Crippen molar-refractivity contribution in [1.82, 2.24) is 4.90 Å². The lowest BCUT2D eigenvalue weighted by Gasteiger charge is -2.35. The van der Waals surface area contributed by atoms with E-state index < -0.39 is 5.97 Å². The van der Waals surface area contributed by atoms with Gasteiger partial charge < -0.3 is 10.0 Å². The summed E-state index contributed by atoms with van der Waals surface area (Å²) in [4.78, 5) is 12.9. The second-order valence-corrected chi connectivity index (χ2v) is 5.25. The fourth-order valence-electron chi connectivity index (χ4n) is 2.34. The fourth-order valence-corrected chi connectivity index (χ4v) is 2.34. The molecule has 0 saturated carbocycles. The van der Waals surface area contributed by atoms with Crippen molar-refractivity contribution in [3.05, 3.63) is 0 Å². The highest BCUT2D eigenvalue weighted by molar-refractivity contribution is 5.66. The molecule has 1 rings (SSSR count). The summed E-state index contributed by atoms with van der Waals surface area (Å²) in [5.41, 5.74) is 0. The molecule has 0 radical (unpaired) electrons. The van der Waals surface area contributed by atoms with E-state index in [0.29, 0.717) is 6.42 Å². The molecule has 1 N–H and O–H groups in total. The number of carboxylic acids is 1. The average molecular weight is 227 g/mol. The topological polar surface area (TPSA) is 40.5 Å². The summed E-state index contributed by atoms with van der Waals surface area (Å²) >= 11 is 0. The van der Waals surface area contributed by atoms with Gasteiger partial charge in [0.05, 0.1) is 0 Å². The van der Waals surface area contributed by atoms with Crippen LogP contribution in [-0.2, 0) is 4.79 Å². The summed E-state index contributed by atoms with van der Waals surface area (Å²) in [7, 11) is 0.